The minimum Gasteiger partial charge on any atom is -0.329 e. The molecule has 0 aliphatic carbocycles. The van der Waals surface area contributed by atoms with Crippen molar-refractivity contribution in [1.82, 2.24) is 9.80 Å². The van der Waals surface area contributed by atoms with Crippen LogP contribution in [0.1, 0.15) is 0 Å². The van der Waals surface area contributed by atoms with Gasteiger partial charge in [0.25, 0.3) is 0 Å². The van der Waals surface area contributed by atoms with Crippen molar-refractivity contribution in [3.8, 4) is 0 Å². The summed E-state index contributed by atoms with van der Waals surface area (Å²) in [4.78, 5) is 4.72. The van der Waals surface area contributed by atoms with E-state index in [1.165, 1.54) is 26.2 Å². The first-order valence-electron chi connectivity index (χ1n) is 7.11. The van der Waals surface area contributed by atoms with Crippen LogP contribution in [0.3, 0.4) is 0 Å². The normalized spacial score (nSPS) is 15.0. The molecule has 1 heterocycles. The number of hydrogen-bond acceptors (Lipinski definition) is 8. The van der Waals surface area contributed by atoms with Gasteiger partial charge >= 0.3 is 0 Å². The lowest BCUT2D eigenvalue weighted by atomic mass is 10.4. The van der Waals surface area contributed by atoms with Gasteiger partial charge in [-0.3, -0.25) is 0 Å². The molecule has 0 spiro atoms. The summed E-state index contributed by atoms with van der Waals surface area (Å²) in [6.45, 7) is 8.51. The molecule has 0 bridgehead atoms. The Hall–Kier alpha value is -0.320. The van der Waals surface area contributed by atoms with E-state index in [1.807, 2.05) is 0 Å². The molecule has 1 fully saturated rings. The van der Waals surface area contributed by atoms with E-state index >= 15 is 0 Å². The summed E-state index contributed by atoms with van der Waals surface area (Å²) in [5.74, 6) is 0. The van der Waals surface area contributed by atoms with Crippen molar-refractivity contribution in [2.75, 3.05) is 79.5 Å². The molecule has 1 aliphatic heterocycles. The summed E-state index contributed by atoms with van der Waals surface area (Å²) in [6, 6.07) is 0. The summed E-state index contributed by atoms with van der Waals surface area (Å²) in [5, 5.41) is 0. The Morgan fingerprint density at radius 2 is 0.650 bits per heavy atom. The molecule has 20 heavy (non-hydrogen) atoms. The van der Waals surface area contributed by atoms with E-state index in [4.69, 9.17) is 34.4 Å². The Bertz CT molecular complexity index is 114. The van der Waals surface area contributed by atoms with E-state index in [1.54, 1.807) is 0 Å². The van der Waals surface area contributed by atoms with Gasteiger partial charge in [0.1, 0.15) is 0 Å². The van der Waals surface area contributed by atoms with E-state index in [0.717, 1.165) is 0 Å². The number of piperazine rings is 1. The number of nitrogens with zero attached hydrogens (tertiary/aromatic N) is 2. The molecular formula is C12H38N8. The zero-order valence-corrected chi connectivity index (χ0v) is 13.4. The zero-order chi connectivity index (χ0) is 16.2. The van der Waals surface area contributed by atoms with Crippen molar-refractivity contribution in [3.63, 3.8) is 0 Å². The van der Waals surface area contributed by atoms with Gasteiger partial charge < -0.3 is 44.2 Å². The third-order valence-corrected chi connectivity index (χ3v) is 2.23. The first-order chi connectivity index (χ1) is 9.53. The molecule has 0 saturated carbocycles. The second-order valence-electron chi connectivity index (χ2n) is 4.34. The van der Waals surface area contributed by atoms with Gasteiger partial charge in [-0.1, -0.05) is 0 Å². The quantitative estimate of drug-likeness (QED) is 0.313. The van der Waals surface area contributed by atoms with Crippen LogP contribution in [0.25, 0.3) is 0 Å². The van der Waals surface area contributed by atoms with Gasteiger partial charge in [0.2, 0.25) is 0 Å². The number of rotatable bonds is 3. The van der Waals surface area contributed by atoms with Gasteiger partial charge in [-0.15, -0.1) is 0 Å². The van der Waals surface area contributed by atoms with Crippen molar-refractivity contribution >= 4 is 0 Å². The number of nitrogens with two attached hydrogens (primary N) is 6. The molecule has 0 radical (unpaired) electrons. The summed E-state index contributed by atoms with van der Waals surface area (Å²) in [7, 11) is 4.35. The topological polar surface area (TPSA) is 163 Å². The predicted octanol–water partition coefficient (Wildman–Crippen LogP) is -3.43. The van der Waals surface area contributed by atoms with Crippen LogP contribution in [0.2, 0.25) is 0 Å². The first kappa shape index (κ1) is 24.7. The van der Waals surface area contributed by atoms with Gasteiger partial charge in [0.05, 0.1) is 0 Å². The van der Waals surface area contributed by atoms with Crippen LogP contribution in [-0.2, 0) is 0 Å². The fourth-order valence-electron chi connectivity index (χ4n) is 0.906. The zero-order valence-electron chi connectivity index (χ0n) is 13.4. The van der Waals surface area contributed by atoms with Crippen LogP contribution in [-0.4, -0.2) is 89.3 Å². The van der Waals surface area contributed by atoms with Gasteiger partial charge in [-0.05, 0) is 14.1 Å². The highest BCUT2D eigenvalue weighted by molar-refractivity contribution is 4.64. The summed E-state index contributed by atoms with van der Waals surface area (Å²) >= 11 is 0. The minimum absolute atomic E-state index is 0.597. The van der Waals surface area contributed by atoms with Gasteiger partial charge in [0.15, 0.2) is 0 Å². The van der Waals surface area contributed by atoms with E-state index in [-0.39, 0.29) is 0 Å². The van der Waals surface area contributed by atoms with E-state index < -0.39 is 0 Å². The van der Waals surface area contributed by atoms with Crippen LogP contribution >= 0.6 is 0 Å². The molecule has 0 aromatic heterocycles. The Morgan fingerprint density at radius 3 is 0.750 bits per heavy atom. The molecule has 8 nitrogen and oxygen atoms in total. The van der Waals surface area contributed by atoms with Crippen LogP contribution in [0.5, 0.6) is 0 Å². The van der Waals surface area contributed by atoms with Crippen molar-refractivity contribution in [3.05, 3.63) is 0 Å². The van der Waals surface area contributed by atoms with E-state index in [9.17, 15) is 0 Å². The molecule has 1 saturated heterocycles. The average molecular weight is 294 g/mol. The highest BCUT2D eigenvalue weighted by atomic mass is 15.2. The van der Waals surface area contributed by atoms with Crippen LogP contribution in [0, 0.1) is 0 Å². The molecule has 1 rings (SSSR count). The molecular weight excluding hydrogens is 256 g/mol. The highest BCUT2D eigenvalue weighted by Gasteiger charge is 2.07. The molecule has 1 aliphatic rings. The third kappa shape index (κ3) is 30.6. The lowest BCUT2D eigenvalue weighted by Crippen LogP contribution is -2.42. The molecule has 0 unspecified atom stereocenters. The van der Waals surface area contributed by atoms with Crippen LogP contribution < -0.4 is 34.4 Å². The smallest absolute Gasteiger partial charge is 0.0107 e. The fraction of sp³-hybridized carbons (Fsp3) is 1.00. The first-order valence-corrected chi connectivity index (χ1v) is 7.11. The van der Waals surface area contributed by atoms with Crippen LogP contribution in [0.15, 0.2) is 0 Å². The third-order valence-electron chi connectivity index (χ3n) is 2.23. The Balaban J connectivity index is -0.000000209. The second-order valence-corrected chi connectivity index (χ2v) is 4.34. The SMILES string of the molecule is CN1CCN(C)CC1.NCCN.NCCN.NCCN. The molecule has 0 amide bonds. The van der Waals surface area contributed by atoms with Gasteiger partial charge in [-0.2, -0.15) is 0 Å². The van der Waals surface area contributed by atoms with Crippen molar-refractivity contribution in [2.45, 2.75) is 0 Å². The lowest BCUT2D eigenvalue weighted by molar-refractivity contribution is 0.181. The standard InChI is InChI=1S/C6H14N2.3C2H8N2/c1-7-3-5-8(2)6-4-7;3*3-1-2-4/h3-6H2,1-2H3;3*1-4H2. The van der Waals surface area contributed by atoms with Gasteiger partial charge in [-0.25, -0.2) is 0 Å². The van der Waals surface area contributed by atoms with Crippen molar-refractivity contribution in [2.24, 2.45) is 34.4 Å². The molecule has 8 heteroatoms. The number of hydrogen-bond donors (Lipinski definition) is 6. The average Bonchev–Trinajstić information content (AvgIpc) is 2.51. The van der Waals surface area contributed by atoms with E-state index in [2.05, 4.69) is 23.9 Å². The van der Waals surface area contributed by atoms with Crippen molar-refractivity contribution < 1.29 is 0 Å². The lowest BCUT2D eigenvalue weighted by Gasteiger charge is -2.28. The molecule has 0 atom stereocenters. The van der Waals surface area contributed by atoms with E-state index in [0.29, 0.717) is 39.3 Å². The molecule has 0 aromatic carbocycles. The Labute approximate surface area is 124 Å². The largest absolute Gasteiger partial charge is 0.329 e. The Kier molecular flexibility index (Phi) is 29.3. The number of likely N-dealkylation sites (N-methyl/N-ethyl adjacent to an activating group) is 2. The monoisotopic (exact) mass is 294 g/mol. The highest BCUT2D eigenvalue weighted by Crippen LogP contribution is 1.93. The fourth-order valence-corrected chi connectivity index (χ4v) is 0.906. The Morgan fingerprint density at radius 1 is 0.500 bits per heavy atom. The molecule has 0 aromatic rings. The second kappa shape index (κ2) is 23.7. The maximum atomic E-state index is 4.90. The molecule has 12 N–H and O–H groups in total. The van der Waals surface area contributed by atoms with Crippen molar-refractivity contribution in [1.29, 1.82) is 0 Å². The minimum atomic E-state index is 0.597. The van der Waals surface area contributed by atoms with Crippen LogP contribution in [0.4, 0.5) is 0 Å². The summed E-state index contributed by atoms with van der Waals surface area (Å²) in [5.41, 5.74) is 29.4. The predicted molar refractivity (Wildman–Crippen MR) is 89.3 cm³/mol. The summed E-state index contributed by atoms with van der Waals surface area (Å²) in [6.07, 6.45) is 0. The molecule has 126 valence electrons. The van der Waals surface area contributed by atoms with Gasteiger partial charge in [0, 0.05) is 65.4 Å². The maximum Gasteiger partial charge on any atom is 0.0107 e. The maximum absolute atomic E-state index is 4.90. The summed E-state index contributed by atoms with van der Waals surface area (Å²) < 4.78 is 0.